The van der Waals surface area contributed by atoms with Crippen LogP contribution in [0.15, 0.2) is 11.4 Å². The number of aliphatic carboxylic acids is 1. The van der Waals surface area contributed by atoms with Gasteiger partial charge in [-0.3, -0.25) is 4.79 Å². The van der Waals surface area contributed by atoms with Crippen molar-refractivity contribution in [3.63, 3.8) is 0 Å². The highest BCUT2D eigenvalue weighted by molar-refractivity contribution is 7.10. The lowest BCUT2D eigenvalue weighted by molar-refractivity contribution is -0.138. The van der Waals surface area contributed by atoms with Crippen LogP contribution in [0.5, 0.6) is 0 Å². The zero-order valence-corrected chi connectivity index (χ0v) is 12.4. The van der Waals surface area contributed by atoms with Crippen molar-refractivity contribution in [1.82, 2.24) is 10.2 Å². The van der Waals surface area contributed by atoms with E-state index in [2.05, 4.69) is 5.32 Å². The number of aryl methyl sites for hydroxylation is 1. The van der Waals surface area contributed by atoms with Gasteiger partial charge in [-0.25, -0.2) is 4.79 Å². The van der Waals surface area contributed by atoms with Crippen molar-refractivity contribution in [3.05, 3.63) is 21.9 Å². The number of piperidine rings is 1. The van der Waals surface area contributed by atoms with Crippen LogP contribution in [0.3, 0.4) is 0 Å². The van der Waals surface area contributed by atoms with Gasteiger partial charge in [-0.1, -0.05) is 0 Å². The summed E-state index contributed by atoms with van der Waals surface area (Å²) in [5.41, 5.74) is 1.18. The lowest BCUT2D eigenvalue weighted by Crippen LogP contribution is -2.49. The van der Waals surface area contributed by atoms with Gasteiger partial charge in [-0.05, 0) is 43.2 Å². The molecule has 0 saturated carbocycles. The van der Waals surface area contributed by atoms with Crippen LogP contribution in [-0.4, -0.2) is 34.6 Å². The number of amides is 2. The van der Waals surface area contributed by atoms with Crippen molar-refractivity contribution < 1.29 is 14.7 Å². The maximum Gasteiger partial charge on any atom is 0.317 e. The molecule has 0 bridgehead atoms. The van der Waals surface area contributed by atoms with Gasteiger partial charge in [0.15, 0.2) is 0 Å². The molecule has 0 aliphatic carbocycles. The van der Waals surface area contributed by atoms with Gasteiger partial charge in [0.2, 0.25) is 0 Å². The van der Waals surface area contributed by atoms with E-state index in [0.29, 0.717) is 13.1 Å². The number of carboxylic acid groups (broad SMARTS) is 1. The molecule has 6 heteroatoms. The highest BCUT2D eigenvalue weighted by atomic mass is 32.1. The molecule has 1 unspecified atom stereocenters. The molecule has 2 heterocycles. The summed E-state index contributed by atoms with van der Waals surface area (Å²) in [6.07, 6.45) is 2.75. The van der Waals surface area contributed by atoms with E-state index in [-0.39, 0.29) is 18.5 Å². The molecule has 20 heavy (non-hydrogen) atoms. The number of hydrogen-bond acceptors (Lipinski definition) is 3. The van der Waals surface area contributed by atoms with Gasteiger partial charge in [0.25, 0.3) is 0 Å². The maximum absolute atomic E-state index is 12.2. The Hall–Kier alpha value is -1.56. The van der Waals surface area contributed by atoms with Gasteiger partial charge in [-0.2, -0.15) is 0 Å². The van der Waals surface area contributed by atoms with Crippen LogP contribution in [0.2, 0.25) is 0 Å². The molecule has 2 N–H and O–H groups in total. The third kappa shape index (κ3) is 3.72. The molecule has 1 atom stereocenters. The predicted octanol–water partition coefficient (Wildman–Crippen LogP) is 2.60. The standard InChI is InChI=1S/C14H20N2O3S/c1-10-5-7-20-12(10)9-15-14(19)16-6-3-2-4-11(16)8-13(17)18/h5,7,11H,2-4,6,8-9H2,1H3,(H,15,19)(H,17,18). The second kappa shape index (κ2) is 6.74. The van der Waals surface area contributed by atoms with Gasteiger partial charge < -0.3 is 15.3 Å². The first-order chi connectivity index (χ1) is 9.58. The minimum atomic E-state index is -0.844. The summed E-state index contributed by atoms with van der Waals surface area (Å²) in [5, 5.41) is 13.8. The van der Waals surface area contributed by atoms with Crippen LogP contribution in [0.4, 0.5) is 4.79 Å². The molecule has 1 fully saturated rings. The number of carboxylic acids is 1. The average molecular weight is 296 g/mol. The minimum Gasteiger partial charge on any atom is -0.481 e. The fourth-order valence-corrected chi connectivity index (χ4v) is 3.37. The summed E-state index contributed by atoms with van der Waals surface area (Å²) in [7, 11) is 0. The summed E-state index contributed by atoms with van der Waals surface area (Å²) >= 11 is 1.62. The third-order valence-electron chi connectivity index (χ3n) is 3.67. The Labute approximate surface area is 122 Å². The van der Waals surface area contributed by atoms with Crippen molar-refractivity contribution in [2.24, 2.45) is 0 Å². The highest BCUT2D eigenvalue weighted by Gasteiger charge is 2.28. The van der Waals surface area contributed by atoms with E-state index >= 15 is 0 Å². The minimum absolute atomic E-state index is 0.0332. The summed E-state index contributed by atoms with van der Waals surface area (Å²) in [6.45, 7) is 3.18. The number of nitrogens with zero attached hydrogens (tertiary/aromatic N) is 1. The monoisotopic (exact) mass is 296 g/mol. The molecule has 1 aromatic heterocycles. The van der Waals surface area contributed by atoms with E-state index in [4.69, 9.17) is 5.11 Å². The molecular formula is C14H20N2O3S. The molecule has 0 aromatic carbocycles. The molecule has 0 radical (unpaired) electrons. The molecule has 1 aliphatic rings. The molecule has 1 saturated heterocycles. The second-order valence-corrected chi connectivity index (χ2v) is 6.13. The Kier molecular flexibility index (Phi) is 5.00. The topological polar surface area (TPSA) is 69.6 Å². The van der Waals surface area contributed by atoms with E-state index < -0.39 is 5.97 Å². The number of likely N-dealkylation sites (tertiary alicyclic amines) is 1. The summed E-state index contributed by atoms with van der Waals surface area (Å²) < 4.78 is 0. The molecular weight excluding hydrogens is 276 g/mol. The molecule has 5 nitrogen and oxygen atoms in total. The number of nitrogens with one attached hydrogen (secondary N) is 1. The van der Waals surface area contributed by atoms with E-state index in [1.54, 1.807) is 16.2 Å². The lowest BCUT2D eigenvalue weighted by Gasteiger charge is -2.34. The van der Waals surface area contributed by atoms with Crippen molar-refractivity contribution in [1.29, 1.82) is 0 Å². The normalized spacial score (nSPS) is 18.9. The highest BCUT2D eigenvalue weighted by Crippen LogP contribution is 2.20. The second-order valence-electron chi connectivity index (χ2n) is 5.13. The number of thiophene rings is 1. The summed E-state index contributed by atoms with van der Waals surface area (Å²) in [6, 6.07) is 1.70. The fourth-order valence-electron chi connectivity index (χ4n) is 2.52. The number of urea groups is 1. The molecule has 1 aliphatic heterocycles. The van der Waals surface area contributed by atoms with Gasteiger partial charge in [0, 0.05) is 17.5 Å². The molecule has 0 spiro atoms. The van der Waals surface area contributed by atoms with Crippen molar-refractivity contribution >= 4 is 23.3 Å². The Morgan fingerprint density at radius 2 is 2.30 bits per heavy atom. The molecule has 2 rings (SSSR count). The fraction of sp³-hybridized carbons (Fsp3) is 0.571. The molecule has 1 aromatic rings. The van der Waals surface area contributed by atoms with Gasteiger partial charge in [-0.15, -0.1) is 11.3 Å². The van der Waals surface area contributed by atoms with Crippen molar-refractivity contribution in [2.75, 3.05) is 6.54 Å². The number of rotatable bonds is 4. The number of hydrogen-bond donors (Lipinski definition) is 2. The van der Waals surface area contributed by atoms with E-state index in [1.165, 1.54) is 5.56 Å². The Morgan fingerprint density at radius 3 is 2.95 bits per heavy atom. The average Bonchev–Trinajstić information content (AvgIpc) is 2.81. The first kappa shape index (κ1) is 14.8. The van der Waals surface area contributed by atoms with E-state index in [1.807, 2.05) is 18.4 Å². The number of carbonyl (C=O) groups is 2. The third-order valence-corrected chi connectivity index (χ3v) is 4.69. The Bertz CT molecular complexity index is 487. The Balaban J connectivity index is 1.92. The zero-order chi connectivity index (χ0) is 14.5. The zero-order valence-electron chi connectivity index (χ0n) is 11.6. The number of carbonyl (C=O) groups excluding carboxylic acids is 1. The van der Waals surface area contributed by atoms with Crippen LogP contribution in [-0.2, 0) is 11.3 Å². The largest absolute Gasteiger partial charge is 0.481 e. The van der Waals surface area contributed by atoms with Gasteiger partial charge >= 0.3 is 12.0 Å². The van der Waals surface area contributed by atoms with Crippen molar-refractivity contribution in [3.8, 4) is 0 Å². The summed E-state index contributed by atoms with van der Waals surface area (Å²) in [4.78, 5) is 25.9. The first-order valence-corrected chi connectivity index (χ1v) is 7.75. The first-order valence-electron chi connectivity index (χ1n) is 6.87. The van der Waals surface area contributed by atoms with Crippen LogP contribution in [0.25, 0.3) is 0 Å². The lowest BCUT2D eigenvalue weighted by atomic mass is 10.00. The molecule has 110 valence electrons. The quantitative estimate of drug-likeness (QED) is 0.897. The Morgan fingerprint density at radius 1 is 1.50 bits per heavy atom. The van der Waals surface area contributed by atoms with E-state index in [9.17, 15) is 9.59 Å². The molecule has 2 amide bonds. The summed E-state index contributed by atoms with van der Waals surface area (Å²) in [5.74, 6) is -0.844. The van der Waals surface area contributed by atoms with Crippen molar-refractivity contribution in [2.45, 2.75) is 45.2 Å². The predicted molar refractivity (Wildman–Crippen MR) is 77.9 cm³/mol. The maximum atomic E-state index is 12.2. The smallest absolute Gasteiger partial charge is 0.317 e. The van der Waals surface area contributed by atoms with Crippen LogP contribution < -0.4 is 5.32 Å². The van der Waals surface area contributed by atoms with Crippen LogP contribution in [0.1, 0.15) is 36.1 Å². The van der Waals surface area contributed by atoms with Crippen LogP contribution >= 0.6 is 11.3 Å². The van der Waals surface area contributed by atoms with Gasteiger partial charge in [0.05, 0.1) is 13.0 Å². The SMILES string of the molecule is Cc1ccsc1CNC(=O)N1CCCCC1CC(=O)O. The van der Waals surface area contributed by atoms with Gasteiger partial charge in [0.1, 0.15) is 0 Å². The van der Waals surface area contributed by atoms with Crippen LogP contribution in [0, 0.1) is 6.92 Å². The van der Waals surface area contributed by atoms with E-state index in [0.717, 1.165) is 24.1 Å².